The van der Waals surface area contributed by atoms with Crippen LogP contribution in [0, 0.1) is 5.82 Å². The Morgan fingerprint density at radius 2 is 1.66 bits per heavy atom. The summed E-state index contributed by atoms with van der Waals surface area (Å²) in [6.07, 6.45) is 1.72. The van der Waals surface area contributed by atoms with Crippen LogP contribution in [0.5, 0.6) is 0 Å². The van der Waals surface area contributed by atoms with Crippen molar-refractivity contribution in [2.45, 2.75) is 24.0 Å². The van der Waals surface area contributed by atoms with Gasteiger partial charge in [-0.15, -0.1) is 0 Å². The molecule has 2 heterocycles. The summed E-state index contributed by atoms with van der Waals surface area (Å²) in [7, 11) is 0. The first-order chi connectivity index (χ1) is 17.2. The van der Waals surface area contributed by atoms with E-state index in [1.54, 1.807) is 30.1 Å². The van der Waals surface area contributed by atoms with Crippen molar-refractivity contribution < 1.29 is 9.18 Å². The summed E-state index contributed by atoms with van der Waals surface area (Å²) in [6, 6.07) is 27.9. The number of carbonyl (C=O) groups is 1. The number of hydrogen-bond acceptors (Lipinski definition) is 4. The monoisotopic (exact) mass is 482 g/mol. The number of thioether (sulfide) groups is 1. The molecule has 5 nitrogen and oxygen atoms in total. The van der Waals surface area contributed by atoms with E-state index in [9.17, 15) is 9.18 Å². The molecule has 0 fully saturated rings. The Morgan fingerprint density at radius 3 is 2.46 bits per heavy atom. The molecule has 5 aromatic rings. The van der Waals surface area contributed by atoms with Crippen LogP contribution in [0.2, 0.25) is 0 Å². The molecule has 0 bridgehead atoms. The fourth-order valence-corrected chi connectivity index (χ4v) is 4.73. The highest BCUT2D eigenvalue weighted by Gasteiger charge is 2.14. The number of pyridine rings is 1. The Labute approximate surface area is 207 Å². The quantitative estimate of drug-likeness (QED) is 0.282. The predicted molar refractivity (Wildman–Crippen MR) is 137 cm³/mol. The summed E-state index contributed by atoms with van der Waals surface area (Å²) in [5.74, 6) is 0.306. The molecule has 174 valence electrons. The Morgan fingerprint density at radius 1 is 0.886 bits per heavy atom. The molecule has 0 saturated carbocycles. The number of imidazole rings is 1. The SMILES string of the molecule is O=C(NCc1ccccc1)c1ccc(CSc2nc3cccnc3n2Cc2ccccc2F)cc1. The average Bonchev–Trinajstić information content (AvgIpc) is 3.25. The summed E-state index contributed by atoms with van der Waals surface area (Å²) in [5, 5.41) is 3.72. The number of amides is 1. The van der Waals surface area contributed by atoms with Crippen molar-refractivity contribution in [1.29, 1.82) is 0 Å². The average molecular weight is 483 g/mol. The van der Waals surface area contributed by atoms with Crippen molar-refractivity contribution in [3.63, 3.8) is 0 Å². The van der Waals surface area contributed by atoms with E-state index in [2.05, 4.69) is 10.3 Å². The summed E-state index contributed by atoms with van der Waals surface area (Å²) in [4.78, 5) is 21.7. The van der Waals surface area contributed by atoms with Gasteiger partial charge in [0.1, 0.15) is 11.3 Å². The zero-order valence-corrected chi connectivity index (χ0v) is 19.7. The maximum atomic E-state index is 14.3. The molecule has 1 N–H and O–H groups in total. The molecule has 0 unspecified atom stereocenters. The van der Waals surface area contributed by atoms with Crippen LogP contribution in [0.3, 0.4) is 0 Å². The van der Waals surface area contributed by atoms with Crippen LogP contribution in [0.4, 0.5) is 4.39 Å². The van der Waals surface area contributed by atoms with E-state index in [1.807, 2.05) is 77.4 Å². The predicted octanol–water partition coefficient (Wildman–Crippen LogP) is 5.84. The van der Waals surface area contributed by atoms with Gasteiger partial charge in [-0.3, -0.25) is 9.36 Å². The molecule has 0 saturated heterocycles. The summed E-state index contributed by atoms with van der Waals surface area (Å²) < 4.78 is 16.3. The lowest BCUT2D eigenvalue weighted by molar-refractivity contribution is 0.0951. The molecular weight excluding hydrogens is 459 g/mol. The van der Waals surface area contributed by atoms with Crippen molar-refractivity contribution in [2.75, 3.05) is 0 Å². The lowest BCUT2D eigenvalue weighted by atomic mass is 10.1. The first-order valence-electron chi connectivity index (χ1n) is 11.3. The number of hydrogen-bond donors (Lipinski definition) is 1. The molecule has 0 aliphatic carbocycles. The van der Waals surface area contributed by atoms with E-state index in [0.717, 1.165) is 27.4 Å². The number of fused-ring (bicyclic) bond motifs is 1. The Balaban J connectivity index is 1.28. The number of rotatable bonds is 8. The summed E-state index contributed by atoms with van der Waals surface area (Å²) in [6.45, 7) is 0.840. The number of aromatic nitrogens is 3. The Hall–Kier alpha value is -3.97. The van der Waals surface area contributed by atoms with E-state index in [4.69, 9.17) is 4.98 Å². The van der Waals surface area contributed by atoms with Gasteiger partial charge in [-0.1, -0.05) is 72.4 Å². The van der Waals surface area contributed by atoms with E-state index in [-0.39, 0.29) is 11.7 Å². The number of halogens is 1. The maximum Gasteiger partial charge on any atom is 0.251 e. The van der Waals surface area contributed by atoms with Crippen molar-refractivity contribution in [3.05, 3.63) is 125 Å². The van der Waals surface area contributed by atoms with Crippen LogP contribution in [-0.4, -0.2) is 20.4 Å². The van der Waals surface area contributed by atoms with Gasteiger partial charge in [0.15, 0.2) is 10.8 Å². The Kier molecular flexibility index (Phi) is 6.86. The van der Waals surface area contributed by atoms with E-state index in [1.165, 1.54) is 6.07 Å². The van der Waals surface area contributed by atoms with Gasteiger partial charge in [0.05, 0.1) is 6.54 Å². The van der Waals surface area contributed by atoms with E-state index < -0.39 is 0 Å². The van der Waals surface area contributed by atoms with E-state index >= 15 is 0 Å². The topological polar surface area (TPSA) is 59.8 Å². The second-order valence-electron chi connectivity index (χ2n) is 8.07. The highest BCUT2D eigenvalue weighted by atomic mass is 32.2. The van der Waals surface area contributed by atoms with Gasteiger partial charge in [0.2, 0.25) is 0 Å². The minimum Gasteiger partial charge on any atom is -0.348 e. The fourth-order valence-electron chi connectivity index (χ4n) is 3.77. The van der Waals surface area contributed by atoms with E-state index in [0.29, 0.717) is 30.0 Å². The molecule has 0 aliphatic heterocycles. The van der Waals surface area contributed by atoms with Crippen molar-refractivity contribution in [2.24, 2.45) is 0 Å². The molecule has 7 heteroatoms. The third kappa shape index (κ3) is 5.41. The molecular formula is C28H23FN4OS. The molecule has 5 rings (SSSR count). The first kappa shape index (κ1) is 22.8. The molecule has 2 aromatic heterocycles. The number of nitrogens with one attached hydrogen (secondary N) is 1. The van der Waals surface area contributed by atoms with Crippen molar-refractivity contribution in [3.8, 4) is 0 Å². The second-order valence-corrected chi connectivity index (χ2v) is 9.01. The van der Waals surface area contributed by atoms with Gasteiger partial charge in [-0.2, -0.15) is 0 Å². The van der Waals surface area contributed by atoms with Gasteiger partial charge in [0, 0.05) is 29.6 Å². The highest BCUT2D eigenvalue weighted by molar-refractivity contribution is 7.98. The van der Waals surface area contributed by atoms with Crippen molar-refractivity contribution in [1.82, 2.24) is 19.9 Å². The molecule has 35 heavy (non-hydrogen) atoms. The summed E-state index contributed by atoms with van der Waals surface area (Å²) >= 11 is 1.56. The number of benzene rings is 3. The zero-order chi connectivity index (χ0) is 24.0. The van der Waals surface area contributed by atoms with Gasteiger partial charge < -0.3 is 5.32 Å². The third-order valence-corrected chi connectivity index (χ3v) is 6.68. The summed E-state index contributed by atoms with van der Waals surface area (Å²) in [5.41, 5.74) is 4.82. The first-order valence-corrected chi connectivity index (χ1v) is 12.2. The minimum absolute atomic E-state index is 0.106. The maximum absolute atomic E-state index is 14.3. The second kappa shape index (κ2) is 10.5. The molecule has 0 atom stereocenters. The molecule has 0 aliphatic rings. The Bertz CT molecular complexity index is 1450. The van der Waals surface area contributed by atoms with Crippen LogP contribution < -0.4 is 5.32 Å². The highest BCUT2D eigenvalue weighted by Crippen LogP contribution is 2.27. The fraction of sp³-hybridized carbons (Fsp3) is 0.107. The van der Waals surface area contributed by atoms with Gasteiger partial charge in [-0.05, 0) is 41.5 Å². The van der Waals surface area contributed by atoms with Crippen LogP contribution in [-0.2, 0) is 18.8 Å². The molecule has 1 amide bonds. The number of nitrogens with zero attached hydrogens (tertiary/aromatic N) is 3. The number of carbonyl (C=O) groups excluding carboxylic acids is 1. The van der Waals surface area contributed by atoms with Crippen LogP contribution in [0.15, 0.2) is 102 Å². The molecule has 0 radical (unpaired) electrons. The van der Waals surface area contributed by atoms with Crippen molar-refractivity contribution >= 4 is 28.8 Å². The van der Waals surface area contributed by atoms with Crippen LogP contribution in [0.25, 0.3) is 11.2 Å². The third-order valence-electron chi connectivity index (χ3n) is 5.63. The largest absolute Gasteiger partial charge is 0.348 e. The van der Waals surface area contributed by atoms with Gasteiger partial charge in [-0.25, -0.2) is 14.4 Å². The normalized spacial score (nSPS) is 11.0. The van der Waals surface area contributed by atoms with Gasteiger partial charge >= 0.3 is 0 Å². The van der Waals surface area contributed by atoms with Crippen LogP contribution in [0.1, 0.15) is 27.0 Å². The molecule has 3 aromatic carbocycles. The van der Waals surface area contributed by atoms with Crippen LogP contribution >= 0.6 is 11.8 Å². The smallest absolute Gasteiger partial charge is 0.251 e. The minimum atomic E-state index is -0.248. The zero-order valence-electron chi connectivity index (χ0n) is 18.9. The lowest BCUT2D eigenvalue weighted by Crippen LogP contribution is -2.22. The standard InChI is InChI=1S/C28H23FN4OS/c29-24-10-5-4-9-23(24)18-33-26-25(11-6-16-30-26)32-28(33)35-19-21-12-14-22(15-13-21)27(34)31-17-20-7-2-1-3-8-20/h1-16H,17-19H2,(H,31,34). The van der Waals surface area contributed by atoms with Gasteiger partial charge in [0.25, 0.3) is 5.91 Å². The molecule has 0 spiro atoms. The lowest BCUT2D eigenvalue weighted by Gasteiger charge is -2.10.